The van der Waals surface area contributed by atoms with Crippen molar-refractivity contribution < 1.29 is 22.7 Å². The minimum Gasteiger partial charge on any atom is -0.497 e. The summed E-state index contributed by atoms with van der Waals surface area (Å²) >= 11 is 0. The third kappa shape index (κ3) is 8.28. The second-order valence-electron chi connectivity index (χ2n) is 8.47. The van der Waals surface area contributed by atoms with Gasteiger partial charge in [0.2, 0.25) is 21.8 Å². The van der Waals surface area contributed by atoms with Crippen molar-refractivity contribution in [2.75, 3.05) is 30.8 Å². The first-order valence-corrected chi connectivity index (χ1v) is 13.7. The fourth-order valence-corrected chi connectivity index (χ4v) is 4.94. The third-order valence-corrected chi connectivity index (χ3v) is 6.88. The van der Waals surface area contributed by atoms with Crippen LogP contribution < -0.4 is 14.4 Å². The van der Waals surface area contributed by atoms with E-state index < -0.39 is 16.1 Å². The molecule has 0 aromatic heterocycles. The number of sulfonamides is 1. The largest absolute Gasteiger partial charge is 0.497 e. The van der Waals surface area contributed by atoms with Gasteiger partial charge in [0.05, 0.1) is 19.1 Å². The maximum atomic E-state index is 13.4. The number of ether oxygens (including phenoxy) is 1. The summed E-state index contributed by atoms with van der Waals surface area (Å²) in [6, 6.07) is 14.0. The quantitative estimate of drug-likeness (QED) is 0.451. The van der Waals surface area contributed by atoms with Gasteiger partial charge in [-0.3, -0.25) is 13.9 Å². The molecule has 2 rings (SSSR count). The number of nitrogens with zero attached hydrogens (tertiary/aromatic N) is 2. The number of rotatable bonds is 13. The number of anilines is 1. The van der Waals surface area contributed by atoms with Gasteiger partial charge in [0.15, 0.2) is 0 Å². The van der Waals surface area contributed by atoms with E-state index in [1.165, 1.54) is 4.31 Å². The Kier molecular flexibility index (Phi) is 10.6. The number of likely N-dealkylation sites (N-methyl/N-ethyl adjacent to an activating group) is 1. The molecule has 0 aliphatic carbocycles. The standard InChI is InChI=1S/C26H37N3O5S/c1-6-24(26(31)27-7-2)28(19-21-11-8-10-20(3)18-21)25(30)12-9-17-29(35(5,32)33)22-13-15-23(34-4)16-14-22/h8,10-11,13-16,18,24H,6-7,9,12,17,19H2,1-5H3,(H,27,31)/t24-/m0/s1. The van der Waals surface area contributed by atoms with Crippen LogP contribution in [0.3, 0.4) is 0 Å². The highest BCUT2D eigenvalue weighted by molar-refractivity contribution is 7.92. The van der Waals surface area contributed by atoms with E-state index >= 15 is 0 Å². The molecule has 9 heteroatoms. The van der Waals surface area contributed by atoms with Crippen molar-refractivity contribution in [1.29, 1.82) is 0 Å². The summed E-state index contributed by atoms with van der Waals surface area (Å²) in [6.07, 6.45) is 2.05. The van der Waals surface area contributed by atoms with Gasteiger partial charge >= 0.3 is 0 Å². The summed E-state index contributed by atoms with van der Waals surface area (Å²) in [4.78, 5) is 27.7. The zero-order valence-corrected chi connectivity index (χ0v) is 22.1. The molecule has 0 spiro atoms. The van der Waals surface area contributed by atoms with Crippen LogP contribution in [0.2, 0.25) is 0 Å². The molecular formula is C26H37N3O5S. The number of hydrogen-bond donors (Lipinski definition) is 1. The van der Waals surface area contributed by atoms with E-state index in [1.54, 1.807) is 36.3 Å². The normalized spacial score (nSPS) is 12.0. The van der Waals surface area contributed by atoms with Crippen LogP contribution in [0.15, 0.2) is 48.5 Å². The highest BCUT2D eigenvalue weighted by Gasteiger charge is 2.28. The molecule has 1 N–H and O–H groups in total. The zero-order valence-electron chi connectivity index (χ0n) is 21.3. The van der Waals surface area contributed by atoms with E-state index in [1.807, 2.05) is 45.0 Å². The van der Waals surface area contributed by atoms with Gasteiger partial charge in [-0.2, -0.15) is 0 Å². The lowest BCUT2D eigenvalue weighted by Crippen LogP contribution is -2.49. The zero-order chi connectivity index (χ0) is 26.0. The summed E-state index contributed by atoms with van der Waals surface area (Å²) in [5.74, 6) is 0.250. The van der Waals surface area contributed by atoms with Crippen LogP contribution in [-0.2, 0) is 26.2 Å². The SMILES string of the molecule is CCNC(=O)[C@H](CC)N(Cc1cccc(C)c1)C(=O)CCCN(c1ccc(OC)cc1)S(C)(=O)=O. The lowest BCUT2D eigenvalue weighted by molar-refractivity contribution is -0.141. The molecule has 192 valence electrons. The highest BCUT2D eigenvalue weighted by Crippen LogP contribution is 2.22. The number of hydrogen-bond acceptors (Lipinski definition) is 5. The molecule has 0 saturated heterocycles. The molecule has 0 bridgehead atoms. The van der Waals surface area contributed by atoms with E-state index in [9.17, 15) is 18.0 Å². The monoisotopic (exact) mass is 503 g/mol. The van der Waals surface area contributed by atoms with E-state index in [0.29, 0.717) is 37.4 Å². The Morgan fingerprint density at radius 2 is 1.77 bits per heavy atom. The molecule has 0 aliphatic rings. The molecular weight excluding hydrogens is 466 g/mol. The Labute approximate surface area is 209 Å². The van der Waals surface area contributed by atoms with Gasteiger partial charge in [0.1, 0.15) is 11.8 Å². The van der Waals surface area contributed by atoms with Crippen molar-refractivity contribution in [3.05, 3.63) is 59.7 Å². The lowest BCUT2D eigenvalue weighted by atomic mass is 10.1. The van der Waals surface area contributed by atoms with Gasteiger partial charge < -0.3 is 15.0 Å². The number of methoxy groups -OCH3 is 1. The van der Waals surface area contributed by atoms with Crippen molar-refractivity contribution in [2.24, 2.45) is 0 Å². The maximum absolute atomic E-state index is 13.4. The van der Waals surface area contributed by atoms with E-state index in [2.05, 4.69) is 5.32 Å². The van der Waals surface area contributed by atoms with Gasteiger partial charge in [-0.15, -0.1) is 0 Å². The molecule has 8 nitrogen and oxygen atoms in total. The molecule has 0 radical (unpaired) electrons. The van der Waals surface area contributed by atoms with Crippen LogP contribution >= 0.6 is 0 Å². The molecule has 2 aromatic rings. The molecule has 2 amide bonds. The average Bonchev–Trinajstić information content (AvgIpc) is 2.81. The van der Waals surface area contributed by atoms with Crippen LogP contribution in [0.1, 0.15) is 44.2 Å². The molecule has 0 heterocycles. The van der Waals surface area contributed by atoms with E-state index in [4.69, 9.17) is 4.74 Å². The van der Waals surface area contributed by atoms with Gasteiger partial charge in [-0.1, -0.05) is 36.8 Å². The van der Waals surface area contributed by atoms with Crippen LogP contribution in [0, 0.1) is 6.92 Å². The van der Waals surface area contributed by atoms with Crippen molar-refractivity contribution >= 4 is 27.5 Å². The van der Waals surface area contributed by atoms with E-state index in [0.717, 1.165) is 17.4 Å². The second kappa shape index (κ2) is 13.1. The number of benzene rings is 2. The Morgan fingerprint density at radius 1 is 1.09 bits per heavy atom. The molecule has 2 aromatic carbocycles. The predicted molar refractivity (Wildman–Crippen MR) is 139 cm³/mol. The van der Waals surface area contributed by atoms with Gasteiger partial charge in [-0.05, 0) is 56.5 Å². The summed E-state index contributed by atoms with van der Waals surface area (Å²) < 4.78 is 31.3. The van der Waals surface area contributed by atoms with Crippen LogP contribution in [-0.4, -0.2) is 57.6 Å². The Morgan fingerprint density at radius 3 is 2.31 bits per heavy atom. The van der Waals surface area contributed by atoms with Crippen LogP contribution in [0.4, 0.5) is 5.69 Å². The molecule has 0 aliphatic heterocycles. The van der Waals surface area contributed by atoms with Crippen molar-refractivity contribution in [3.63, 3.8) is 0 Å². The number of amides is 2. The minimum atomic E-state index is -3.55. The Balaban J connectivity index is 2.19. The van der Waals surface area contributed by atoms with Gasteiger partial charge in [0.25, 0.3) is 0 Å². The van der Waals surface area contributed by atoms with Gasteiger partial charge in [-0.25, -0.2) is 8.42 Å². The fraction of sp³-hybridized carbons (Fsp3) is 0.462. The summed E-state index contributed by atoms with van der Waals surface area (Å²) in [5, 5.41) is 2.82. The first kappa shape index (κ1) is 28.2. The van der Waals surface area contributed by atoms with Crippen LogP contribution in [0.25, 0.3) is 0 Å². The number of nitrogens with one attached hydrogen (secondary N) is 1. The molecule has 0 saturated carbocycles. The van der Waals surface area contributed by atoms with Crippen molar-refractivity contribution in [2.45, 2.75) is 52.6 Å². The molecule has 35 heavy (non-hydrogen) atoms. The summed E-state index contributed by atoms with van der Waals surface area (Å²) in [7, 11) is -2.00. The Bertz CT molecular complexity index is 1090. The fourth-order valence-electron chi connectivity index (χ4n) is 3.97. The summed E-state index contributed by atoms with van der Waals surface area (Å²) in [6.45, 7) is 6.64. The van der Waals surface area contributed by atoms with Gasteiger partial charge in [0, 0.05) is 26.1 Å². The lowest BCUT2D eigenvalue weighted by Gasteiger charge is -2.31. The minimum absolute atomic E-state index is 0.115. The van der Waals surface area contributed by atoms with Crippen LogP contribution in [0.5, 0.6) is 5.75 Å². The predicted octanol–water partition coefficient (Wildman–Crippen LogP) is 3.49. The van der Waals surface area contributed by atoms with Crippen molar-refractivity contribution in [3.8, 4) is 5.75 Å². The number of carbonyl (C=O) groups is 2. The summed E-state index contributed by atoms with van der Waals surface area (Å²) in [5.41, 5.74) is 2.52. The maximum Gasteiger partial charge on any atom is 0.242 e. The number of carbonyl (C=O) groups excluding carboxylic acids is 2. The molecule has 0 fully saturated rings. The number of aryl methyl sites for hydroxylation is 1. The first-order chi connectivity index (χ1) is 16.6. The first-order valence-electron chi connectivity index (χ1n) is 11.8. The highest BCUT2D eigenvalue weighted by atomic mass is 32.2. The van der Waals surface area contributed by atoms with Crippen molar-refractivity contribution in [1.82, 2.24) is 10.2 Å². The van der Waals surface area contributed by atoms with E-state index in [-0.39, 0.29) is 24.8 Å². The average molecular weight is 504 g/mol. The third-order valence-electron chi connectivity index (χ3n) is 5.68. The second-order valence-corrected chi connectivity index (χ2v) is 10.4. The Hall–Kier alpha value is -3.07. The molecule has 0 unspecified atom stereocenters. The topological polar surface area (TPSA) is 96.0 Å². The smallest absolute Gasteiger partial charge is 0.242 e. The molecule has 1 atom stereocenters.